The van der Waals surface area contributed by atoms with E-state index in [1.54, 1.807) is 30.3 Å². The van der Waals surface area contributed by atoms with Gasteiger partial charge in [0.2, 0.25) is 11.8 Å². The molecule has 5 amide bonds. The molecule has 4 fully saturated rings. The summed E-state index contributed by atoms with van der Waals surface area (Å²) >= 11 is 6.25. The van der Waals surface area contributed by atoms with Gasteiger partial charge in [0.1, 0.15) is 24.0 Å². The number of anilines is 2. The SMILES string of the molecule is CC1(C)C(NC(=O)c2ccc(N3CC[C@H](NCCC4CCN(c5ccc6c(c5)C(=O)N([C@H]5CCC(=O)NC5=O)C6=O)CC4)C3)cc2)C(C)(C)C1Oc1ccc(C#N)c(Cl)c1. The fourth-order valence-electron chi connectivity index (χ4n) is 10.4. The Morgan fingerprint density at radius 1 is 0.867 bits per heavy atom. The van der Waals surface area contributed by atoms with Crippen LogP contribution in [0.1, 0.15) is 103 Å². The first-order valence-electron chi connectivity index (χ1n) is 21.0. The summed E-state index contributed by atoms with van der Waals surface area (Å²) in [5.41, 5.74) is 2.92. The first-order valence-corrected chi connectivity index (χ1v) is 21.4. The van der Waals surface area contributed by atoms with Crippen LogP contribution in [0.2, 0.25) is 5.02 Å². The number of ether oxygens (including phenoxy) is 1. The van der Waals surface area contributed by atoms with Gasteiger partial charge < -0.3 is 25.2 Å². The number of benzene rings is 3. The van der Waals surface area contributed by atoms with Gasteiger partial charge in [-0.15, -0.1) is 0 Å². The highest BCUT2D eigenvalue weighted by molar-refractivity contribution is 6.31. The first-order chi connectivity index (χ1) is 28.6. The van der Waals surface area contributed by atoms with E-state index in [0.717, 1.165) is 74.7 Å². The summed E-state index contributed by atoms with van der Waals surface area (Å²) in [5.74, 6) is -0.896. The van der Waals surface area contributed by atoms with E-state index in [1.807, 2.05) is 30.3 Å². The molecule has 0 spiro atoms. The van der Waals surface area contributed by atoms with E-state index in [4.69, 9.17) is 16.3 Å². The Labute approximate surface area is 355 Å². The van der Waals surface area contributed by atoms with Crippen molar-refractivity contribution in [3.05, 3.63) is 87.9 Å². The minimum absolute atomic E-state index is 0.0929. The molecule has 1 aliphatic carbocycles. The normalized spacial score (nSPS) is 24.8. The molecule has 0 aromatic heterocycles. The molecule has 0 unspecified atom stereocenters. The van der Waals surface area contributed by atoms with Crippen LogP contribution in [-0.2, 0) is 9.59 Å². The molecule has 5 aliphatic rings. The van der Waals surface area contributed by atoms with Crippen molar-refractivity contribution in [1.29, 1.82) is 5.26 Å². The van der Waals surface area contributed by atoms with Crippen molar-refractivity contribution in [1.82, 2.24) is 20.9 Å². The summed E-state index contributed by atoms with van der Waals surface area (Å²) in [5, 5.41) is 18.9. The van der Waals surface area contributed by atoms with Gasteiger partial charge in [0.05, 0.1) is 21.7 Å². The van der Waals surface area contributed by atoms with E-state index in [-0.39, 0.29) is 41.7 Å². The molecule has 14 heteroatoms. The minimum Gasteiger partial charge on any atom is -0.489 e. The van der Waals surface area contributed by atoms with Crippen LogP contribution in [0.25, 0.3) is 0 Å². The summed E-state index contributed by atoms with van der Waals surface area (Å²) in [6.07, 6.45) is 4.24. The molecule has 3 aromatic rings. The van der Waals surface area contributed by atoms with Crippen LogP contribution in [0.5, 0.6) is 5.75 Å². The Hall–Kier alpha value is -5.45. The van der Waals surface area contributed by atoms with Crippen molar-refractivity contribution in [3.63, 3.8) is 0 Å². The number of hydrogen-bond acceptors (Lipinski definition) is 10. The molecule has 314 valence electrons. The number of fused-ring (bicyclic) bond motifs is 1. The summed E-state index contributed by atoms with van der Waals surface area (Å²) < 4.78 is 6.38. The van der Waals surface area contributed by atoms with Crippen molar-refractivity contribution >= 4 is 52.5 Å². The number of imide groups is 2. The molecule has 3 N–H and O–H groups in total. The van der Waals surface area contributed by atoms with Crippen LogP contribution in [0.4, 0.5) is 11.4 Å². The number of nitrogens with zero attached hydrogens (tertiary/aromatic N) is 4. The second-order valence-corrected chi connectivity index (χ2v) is 18.5. The minimum atomic E-state index is -0.970. The summed E-state index contributed by atoms with van der Waals surface area (Å²) in [6.45, 7) is 12.9. The molecule has 4 heterocycles. The Morgan fingerprint density at radius 2 is 1.55 bits per heavy atom. The largest absolute Gasteiger partial charge is 0.489 e. The Morgan fingerprint density at radius 3 is 2.23 bits per heavy atom. The quantitative estimate of drug-likeness (QED) is 0.204. The molecule has 3 saturated heterocycles. The van der Waals surface area contributed by atoms with Crippen LogP contribution in [0.3, 0.4) is 0 Å². The van der Waals surface area contributed by atoms with Crippen LogP contribution in [0, 0.1) is 28.1 Å². The monoisotopic (exact) mass is 833 g/mol. The Bertz CT molecular complexity index is 2250. The maximum absolute atomic E-state index is 13.5. The summed E-state index contributed by atoms with van der Waals surface area (Å²) in [7, 11) is 0. The second kappa shape index (κ2) is 16.2. The van der Waals surface area contributed by atoms with Gasteiger partial charge in [0.25, 0.3) is 17.7 Å². The molecule has 8 rings (SSSR count). The fraction of sp³-hybridized carbons (Fsp3) is 0.478. The predicted octanol–water partition coefficient (Wildman–Crippen LogP) is 5.70. The molecule has 60 heavy (non-hydrogen) atoms. The van der Waals surface area contributed by atoms with E-state index >= 15 is 0 Å². The summed E-state index contributed by atoms with van der Waals surface area (Å²) in [6, 6.07) is 19.7. The third-order valence-electron chi connectivity index (χ3n) is 13.5. The van der Waals surface area contributed by atoms with Crippen LogP contribution in [0.15, 0.2) is 60.7 Å². The van der Waals surface area contributed by atoms with Gasteiger partial charge in [0.15, 0.2) is 0 Å². The Balaban J connectivity index is 0.767. The standard InChI is InChI=1S/C46H52ClN7O6/c1-45(2)43(46(3,4)44(45)60-33-11-7-29(25-48)36(47)24-33)51-39(56)28-5-8-31(9-6-28)53-22-18-30(26-53)49-19-15-27-16-20-52(21-17-27)32-10-12-34-35(23-32)42(59)54(41(34)58)37-13-14-38(55)50-40(37)57/h5-12,23-24,27,30,37,43-44,49H,13-22,26H2,1-4H3,(H,51,56)(H,50,55,57)/t30-,37-,43?,44?/m0/s1. The molecule has 4 aliphatic heterocycles. The zero-order valence-corrected chi connectivity index (χ0v) is 35.3. The zero-order chi connectivity index (χ0) is 42.5. The number of piperidine rings is 2. The van der Waals surface area contributed by atoms with Gasteiger partial charge in [0, 0.05) is 78.5 Å². The molecule has 13 nitrogen and oxygen atoms in total. The highest BCUT2D eigenvalue weighted by Crippen LogP contribution is 2.55. The van der Waals surface area contributed by atoms with Gasteiger partial charge in [-0.1, -0.05) is 39.3 Å². The van der Waals surface area contributed by atoms with Gasteiger partial charge in [-0.25, -0.2) is 0 Å². The molecule has 0 radical (unpaired) electrons. The third-order valence-corrected chi connectivity index (χ3v) is 13.8. The highest BCUT2D eigenvalue weighted by Gasteiger charge is 2.64. The first kappa shape index (κ1) is 41.3. The third kappa shape index (κ3) is 7.71. The van der Waals surface area contributed by atoms with Gasteiger partial charge in [-0.3, -0.25) is 34.2 Å². The number of halogens is 1. The van der Waals surface area contributed by atoms with Gasteiger partial charge in [-0.2, -0.15) is 5.26 Å². The summed E-state index contributed by atoms with van der Waals surface area (Å²) in [4.78, 5) is 69.6. The van der Waals surface area contributed by atoms with Crippen molar-refractivity contribution in [2.24, 2.45) is 16.7 Å². The zero-order valence-electron chi connectivity index (χ0n) is 34.6. The molecular formula is C46H52ClN7O6. The number of nitrogens with one attached hydrogen (secondary N) is 3. The molecule has 2 atom stereocenters. The maximum Gasteiger partial charge on any atom is 0.262 e. The van der Waals surface area contributed by atoms with Crippen LogP contribution in [-0.4, -0.2) is 91.4 Å². The van der Waals surface area contributed by atoms with E-state index in [1.165, 1.54) is 0 Å². The van der Waals surface area contributed by atoms with E-state index < -0.39 is 29.7 Å². The van der Waals surface area contributed by atoms with Crippen molar-refractivity contribution < 1.29 is 28.7 Å². The molecule has 0 bridgehead atoms. The smallest absolute Gasteiger partial charge is 0.262 e. The lowest BCUT2D eigenvalue weighted by molar-refractivity contribution is -0.164. The number of amides is 5. The average Bonchev–Trinajstić information content (AvgIpc) is 3.80. The predicted molar refractivity (Wildman–Crippen MR) is 227 cm³/mol. The van der Waals surface area contributed by atoms with E-state index in [0.29, 0.717) is 45.0 Å². The highest BCUT2D eigenvalue weighted by atomic mass is 35.5. The van der Waals surface area contributed by atoms with Gasteiger partial charge in [-0.05, 0) is 99.2 Å². The lowest BCUT2D eigenvalue weighted by atomic mass is 9.49. The van der Waals surface area contributed by atoms with E-state index in [9.17, 15) is 29.2 Å². The maximum atomic E-state index is 13.5. The average molecular weight is 834 g/mol. The molecular weight excluding hydrogens is 782 g/mol. The lowest BCUT2D eigenvalue weighted by Gasteiger charge is -2.63. The van der Waals surface area contributed by atoms with Crippen molar-refractivity contribution in [2.75, 3.05) is 42.5 Å². The number of carbonyl (C=O) groups is 5. The number of hydrogen-bond donors (Lipinski definition) is 3. The van der Waals surface area contributed by atoms with Crippen molar-refractivity contribution in [2.45, 2.75) is 90.4 Å². The molecule has 1 saturated carbocycles. The van der Waals surface area contributed by atoms with E-state index in [2.05, 4.69) is 59.5 Å². The number of nitriles is 1. The molecule has 3 aromatic carbocycles. The number of carbonyl (C=O) groups excluding carboxylic acids is 5. The Kier molecular flexibility index (Phi) is 11.1. The van der Waals surface area contributed by atoms with Crippen LogP contribution >= 0.6 is 11.6 Å². The topological polar surface area (TPSA) is 164 Å². The number of rotatable bonds is 11. The van der Waals surface area contributed by atoms with Crippen LogP contribution < -0.4 is 30.5 Å². The van der Waals surface area contributed by atoms with Gasteiger partial charge >= 0.3 is 0 Å². The van der Waals surface area contributed by atoms with Crippen molar-refractivity contribution in [3.8, 4) is 11.8 Å². The second-order valence-electron chi connectivity index (χ2n) is 18.1. The fourth-order valence-corrected chi connectivity index (χ4v) is 10.6. The lowest BCUT2D eigenvalue weighted by Crippen LogP contribution is -2.74.